The zero-order chi connectivity index (χ0) is 42.1. The molecule has 0 amide bonds. The molecule has 1 aliphatic heterocycles. The van der Waals surface area contributed by atoms with Crippen LogP contribution >= 0.6 is 0 Å². The third kappa shape index (κ3) is 4.08. The first kappa shape index (κ1) is 34.6. The third-order valence-corrected chi connectivity index (χ3v) is 15.5. The van der Waals surface area contributed by atoms with Gasteiger partial charge in [-0.2, -0.15) is 0 Å². The van der Waals surface area contributed by atoms with E-state index in [0.29, 0.717) is 0 Å². The maximum Gasteiger partial charge on any atom is 0.0725 e. The van der Waals surface area contributed by atoms with Crippen LogP contribution in [0.2, 0.25) is 0 Å². The molecule has 0 atom stereocenters. The van der Waals surface area contributed by atoms with Crippen molar-refractivity contribution in [3.8, 4) is 50.2 Å². The molecule has 2 nitrogen and oxygen atoms in total. The van der Waals surface area contributed by atoms with Gasteiger partial charge in [0.1, 0.15) is 0 Å². The first-order chi connectivity index (χ1) is 31.5. The SMILES string of the molecule is CC1(C)c2cccc3c2-c2c1ccc1c4ccccc4n(c21)-c1cc(N(c2ccc4c(c2)-c2ccccc2C42c4ccccc4-c4ccccc42)c2ccc4ccccc4c2)ccc1-3. The molecule has 0 unspecified atom stereocenters. The first-order valence-corrected chi connectivity index (χ1v) is 22.6. The molecular formula is C62H40N2. The Labute approximate surface area is 371 Å². The van der Waals surface area contributed by atoms with Crippen LogP contribution in [-0.2, 0) is 10.8 Å². The van der Waals surface area contributed by atoms with E-state index in [1.165, 1.54) is 116 Å². The molecule has 2 heteroatoms. The van der Waals surface area contributed by atoms with E-state index < -0.39 is 5.41 Å². The highest BCUT2D eigenvalue weighted by molar-refractivity contribution is 6.19. The zero-order valence-electron chi connectivity index (χ0n) is 35.5. The maximum absolute atomic E-state index is 2.59. The highest BCUT2D eigenvalue weighted by Crippen LogP contribution is 2.64. The lowest BCUT2D eigenvalue weighted by molar-refractivity contribution is 0.661. The molecular weight excluding hydrogens is 773 g/mol. The molecule has 0 N–H and O–H groups in total. The summed E-state index contributed by atoms with van der Waals surface area (Å²) in [7, 11) is 0. The van der Waals surface area contributed by atoms with Crippen LogP contribution in [0.4, 0.5) is 17.1 Å². The molecule has 4 aliphatic rings. The van der Waals surface area contributed by atoms with Crippen LogP contribution in [0.1, 0.15) is 47.2 Å². The fourth-order valence-corrected chi connectivity index (χ4v) is 12.9. The van der Waals surface area contributed by atoms with E-state index in [2.05, 4.69) is 230 Å². The van der Waals surface area contributed by atoms with Crippen molar-refractivity contribution in [2.75, 3.05) is 4.90 Å². The number of benzene rings is 10. The lowest BCUT2D eigenvalue weighted by Gasteiger charge is -2.31. The topological polar surface area (TPSA) is 8.17 Å². The molecule has 0 fully saturated rings. The van der Waals surface area contributed by atoms with Crippen molar-refractivity contribution in [1.29, 1.82) is 0 Å². The van der Waals surface area contributed by atoms with Gasteiger partial charge in [0.15, 0.2) is 0 Å². The summed E-state index contributed by atoms with van der Waals surface area (Å²) in [6.07, 6.45) is 0. The molecule has 0 saturated heterocycles. The van der Waals surface area contributed by atoms with Crippen molar-refractivity contribution < 1.29 is 0 Å². The Morgan fingerprint density at radius 3 is 1.69 bits per heavy atom. The fourth-order valence-electron chi connectivity index (χ4n) is 12.9. The van der Waals surface area contributed by atoms with E-state index in [0.717, 1.165) is 17.1 Å². The molecule has 1 aromatic heterocycles. The molecule has 0 radical (unpaired) electrons. The number of anilines is 3. The van der Waals surface area contributed by atoms with E-state index in [1.807, 2.05) is 0 Å². The van der Waals surface area contributed by atoms with Crippen molar-refractivity contribution in [3.63, 3.8) is 0 Å². The minimum Gasteiger partial charge on any atom is -0.310 e. The van der Waals surface area contributed by atoms with Crippen LogP contribution in [0.3, 0.4) is 0 Å². The minimum absolute atomic E-state index is 0.103. The third-order valence-electron chi connectivity index (χ3n) is 15.5. The molecule has 64 heavy (non-hydrogen) atoms. The van der Waals surface area contributed by atoms with Crippen LogP contribution < -0.4 is 4.90 Å². The summed E-state index contributed by atoms with van der Waals surface area (Å²) in [6.45, 7) is 4.79. The van der Waals surface area contributed by atoms with E-state index in [9.17, 15) is 0 Å². The zero-order valence-corrected chi connectivity index (χ0v) is 35.5. The first-order valence-electron chi connectivity index (χ1n) is 22.6. The Kier molecular flexibility index (Phi) is 6.46. The van der Waals surface area contributed by atoms with Gasteiger partial charge < -0.3 is 9.47 Å². The van der Waals surface area contributed by atoms with Crippen molar-refractivity contribution in [2.24, 2.45) is 0 Å². The van der Waals surface area contributed by atoms with Gasteiger partial charge in [0.2, 0.25) is 0 Å². The highest BCUT2D eigenvalue weighted by Gasteiger charge is 2.51. The number of nitrogens with zero attached hydrogens (tertiary/aromatic N) is 2. The molecule has 0 saturated carbocycles. The predicted molar refractivity (Wildman–Crippen MR) is 266 cm³/mol. The second-order valence-corrected chi connectivity index (χ2v) is 18.8. The monoisotopic (exact) mass is 812 g/mol. The van der Waals surface area contributed by atoms with Gasteiger partial charge in [0, 0.05) is 44.4 Å². The lowest BCUT2D eigenvalue weighted by Crippen LogP contribution is -2.25. The smallest absolute Gasteiger partial charge is 0.0725 e. The largest absolute Gasteiger partial charge is 0.310 e. The van der Waals surface area contributed by atoms with Gasteiger partial charge in [-0.25, -0.2) is 0 Å². The molecule has 0 bridgehead atoms. The second kappa shape index (κ2) is 11.9. The van der Waals surface area contributed by atoms with Crippen LogP contribution in [0.5, 0.6) is 0 Å². The summed E-state index contributed by atoms with van der Waals surface area (Å²) in [6, 6.07) is 78.2. The average molecular weight is 813 g/mol. The number of hydrogen-bond acceptors (Lipinski definition) is 1. The Bertz CT molecular complexity index is 3850. The van der Waals surface area contributed by atoms with Crippen molar-refractivity contribution in [1.82, 2.24) is 4.57 Å². The number of aromatic nitrogens is 1. The second-order valence-electron chi connectivity index (χ2n) is 18.8. The van der Waals surface area contributed by atoms with Crippen molar-refractivity contribution in [3.05, 3.63) is 240 Å². The average Bonchev–Trinajstić information content (AvgIpc) is 3.99. The summed E-state index contributed by atoms with van der Waals surface area (Å²) >= 11 is 0. The molecule has 2 heterocycles. The fraction of sp³-hybridized carbons (Fsp3) is 0.0645. The van der Waals surface area contributed by atoms with Crippen LogP contribution in [0, 0.1) is 0 Å². The summed E-state index contributed by atoms with van der Waals surface area (Å²) in [5.74, 6) is 0. The van der Waals surface area contributed by atoms with E-state index in [-0.39, 0.29) is 5.41 Å². The number of hydrogen-bond donors (Lipinski definition) is 0. The Morgan fingerprint density at radius 1 is 0.359 bits per heavy atom. The summed E-state index contributed by atoms with van der Waals surface area (Å²) in [5, 5.41) is 5.04. The molecule has 1 spiro atoms. The van der Waals surface area contributed by atoms with Gasteiger partial charge in [-0.3, -0.25) is 0 Å². The van der Waals surface area contributed by atoms with E-state index in [1.54, 1.807) is 0 Å². The van der Waals surface area contributed by atoms with Crippen LogP contribution in [-0.4, -0.2) is 4.57 Å². The predicted octanol–water partition coefficient (Wildman–Crippen LogP) is 16.0. The Hall–Kier alpha value is -7.94. The van der Waals surface area contributed by atoms with Crippen LogP contribution in [0.15, 0.2) is 206 Å². The van der Waals surface area contributed by atoms with Gasteiger partial charge in [0.25, 0.3) is 0 Å². The molecule has 10 aromatic carbocycles. The summed E-state index contributed by atoms with van der Waals surface area (Å²) in [4.78, 5) is 2.49. The maximum atomic E-state index is 2.59. The van der Waals surface area contributed by atoms with Gasteiger partial charge in [-0.1, -0.05) is 178 Å². The summed E-state index contributed by atoms with van der Waals surface area (Å²) < 4.78 is 2.59. The molecule has 15 rings (SSSR count). The van der Waals surface area contributed by atoms with Gasteiger partial charge in [0.05, 0.1) is 22.1 Å². The van der Waals surface area contributed by atoms with E-state index >= 15 is 0 Å². The summed E-state index contributed by atoms with van der Waals surface area (Å²) in [5.41, 5.74) is 25.4. The minimum atomic E-state index is -0.394. The number of para-hydroxylation sites is 1. The van der Waals surface area contributed by atoms with E-state index in [4.69, 9.17) is 0 Å². The Balaban J connectivity index is 1.02. The van der Waals surface area contributed by atoms with Crippen molar-refractivity contribution >= 4 is 49.6 Å². The normalized spacial score (nSPS) is 14.7. The quantitative estimate of drug-likeness (QED) is 0.173. The molecule has 11 aromatic rings. The lowest BCUT2D eigenvalue weighted by atomic mass is 9.70. The van der Waals surface area contributed by atoms with Gasteiger partial charge in [-0.05, 0) is 120 Å². The van der Waals surface area contributed by atoms with Crippen LogP contribution in [0.25, 0.3) is 82.8 Å². The van der Waals surface area contributed by atoms with Gasteiger partial charge in [-0.15, -0.1) is 0 Å². The molecule has 3 aliphatic carbocycles. The van der Waals surface area contributed by atoms with Crippen molar-refractivity contribution in [2.45, 2.75) is 24.7 Å². The highest BCUT2D eigenvalue weighted by atomic mass is 15.1. The standard InChI is InChI=1S/C62H40N2/c1-61(2)54-24-13-20-47-46-30-28-41(36-57(46)64-56-25-12-8-19-45(56)48-31-33-55(61)59(58(47)54)60(48)64)63(39-27-26-37-14-3-4-15-38(37)34-39)40-29-32-53-49(35-40)44-18-7-11-23-52(44)62(53)50-21-9-5-16-42(50)43-17-6-10-22-51(43)62/h3-36H,1-2H3. The molecule has 298 valence electrons. The number of rotatable bonds is 3. The number of fused-ring (bicyclic) bond motifs is 17. The Morgan fingerprint density at radius 2 is 0.906 bits per heavy atom. The van der Waals surface area contributed by atoms with Gasteiger partial charge >= 0.3 is 0 Å².